The molecule has 0 spiro atoms. The molecule has 1 aromatic rings. The summed E-state index contributed by atoms with van der Waals surface area (Å²) in [5.74, 6) is -2.40. The van der Waals surface area contributed by atoms with Gasteiger partial charge in [0.15, 0.2) is 17.3 Å². The van der Waals surface area contributed by atoms with Crippen molar-refractivity contribution < 1.29 is 19.4 Å². The maximum Gasteiger partial charge on any atom is 0.194 e. The fourth-order valence-electron chi connectivity index (χ4n) is 1.23. The molecule has 3 nitrogen and oxygen atoms in total. The molecule has 0 bridgehead atoms. The topological polar surface area (TPSA) is 57.5 Å². The molecule has 0 atom stereocenters. The second kappa shape index (κ2) is 3.65. The Morgan fingerprint density at radius 2 is 2.00 bits per heavy atom. The lowest BCUT2D eigenvalue weighted by Crippen LogP contribution is -2.00. The SMILES string of the molecule is CC(=O)Cc1cc(C)c(O)c(O)c1F. The number of benzene rings is 1. The summed E-state index contributed by atoms with van der Waals surface area (Å²) in [4.78, 5) is 10.8. The number of carbonyl (C=O) groups is 1. The predicted octanol–water partition coefficient (Wildman–Crippen LogP) is 1.68. The average molecular weight is 198 g/mol. The zero-order valence-corrected chi connectivity index (χ0v) is 7.97. The standard InChI is InChI=1S/C10H11FO3/c1-5-3-7(4-6(2)12)8(11)10(14)9(5)13/h3,13-14H,4H2,1-2H3. The molecular formula is C10H11FO3. The van der Waals surface area contributed by atoms with Gasteiger partial charge in [0.1, 0.15) is 5.78 Å². The van der Waals surface area contributed by atoms with Crippen LogP contribution in [0.1, 0.15) is 18.1 Å². The molecular weight excluding hydrogens is 187 g/mol. The number of Topliss-reactive ketones (excluding diaryl/α,β-unsaturated/α-hetero) is 1. The highest BCUT2D eigenvalue weighted by atomic mass is 19.1. The Morgan fingerprint density at radius 3 is 2.50 bits per heavy atom. The quantitative estimate of drug-likeness (QED) is 0.711. The number of halogens is 1. The summed E-state index contributed by atoms with van der Waals surface area (Å²) in [6.45, 7) is 2.86. The highest BCUT2D eigenvalue weighted by Crippen LogP contribution is 2.33. The van der Waals surface area contributed by atoms with E-state index in [4.69, 9.17) is 5.11 Å². The van der Waals surface area contributed by atoms with Crippen LogP contribution in [0.2, 0.25) is 0 Å². The molecule has 0 fully saturated rings. The molecule has 0 unspecified atom stereocenters. The Balaban J connectivity index is 3.25. The van der Waals surface area contributed by atoms with Crippen LogP contribution >= 0.6 is 0 Å². The van der Waals surface area contributed by atoms with Gasteiger partial charge in [0.25, 0.3) is 0 Å². The molecule has 1 rings (SSSR count). The number of phenolic OH excluding ortho intramolecular Hbond substituents is 2. The molecule has 0 aliphatic heterocycles. The Labute approximate surface area is 80.8 Å². The highest BCUT2D eigenvalue weighted by Gasteiger charge is 2.15. The van der Waals surface area contributed by atoms with Crippen molar-refractivity contribution >= 4 is 5.78 Å². The third kappa shape index (κ3) is 1.84. The zero-order valence-electron chi connectivity index (χ0n) is 7.97. The van der Waals surface area contributed by atoms with Gasteiger partial charge in [-0.15, -0.1) is 0 Å². The number of hydrogen-bond donors (Lipinski definition) is 2. The van der Waals surface area contributed by atoms with E-state index in [9.17, 15) is 14.3 Å². The lowest BCUT2D eigenvalue weighted by Gasteiger charge is -2.07. The van der Waals surface area contributed by atoms with Gasteiger partial charge < -0.3 is 10.2 Å². The van der Waals surface area contributed by atoms with Gasteiger partial charge in [0, 0.05) is 6.42 Å². The summed E-state index contributed by atoms with van der Waals surface area (Å²) in [6, 6.07) is 1.35. The van der Waals surface area contributed by atoms with E-state index in [-0.39, 0.29) is 17.8 Å². The summed E-state index contributed by atoms with van der Waals surface area (Å²) in [7, 11) is 0. The molecule has 76 valence electrons. The summed E-state index contributed by atoms with van der Waals surface area (Å²) in [6.07, 6.45) is -0.0828. The number of phenols is 2. The molecule has 0 amide bonds. The van der Waals surface area contributed by atoms with Crippen molar-refractivity contribution in [1.29, 1.82) is 0 Å². The maximum atomic E-state index is 13.2. The first-order valence-electron chi connectivity index (χ1n) is 4.12. The number of aryl methyl sites for hydroxylation is 1. The summed E-state index contributed by atoms with van der Waals surface area (Å²) in [5, 5.41) is 18.3. The van der Waals surface area contributed by atoms with Crippen molar-refractivity contribution in [3.63, 3.8) is 0 Å². The van der Waals surface area contributed by atoms with E-state index < -0.39 is 17.3 Å². The molecule has 0 saturated carbocycles. The average Bonchev–Trinajstić information content (AvgIpc) is 2.10. The second-order valence-electron chi connectivity index (χ2n) is 3.24. The van der Waals surface area contributed by atoms with Crippen LogP contribution in [-0.4, -0.2) is 16.0 Å². The number of rotatable bonds is 2. The largest absolute Gasteiger partial charge is 0.504 e. The van der Waals surface area contributed by atoms with Crippen molar-refractivity contribution in [2.45, 2.75) is 20.3 Å². The Bertz CT molecular complexity index is 385. The fraction of sp³-hybridized carbons (Fsp3) is 0.300. The van der Waals surface area contributed by atoms with Crippen molar-refractivity contribution in [3.8, 4) is 11.5 Å². The third-order valence-electron chi connectivity index (χ3n) is 1.92. The first-order chi connectivity index (χ1) is 6.43. The molecule has 4 heteroatoms. The Kier molecular flexibility index (Phi) is 2.74. The number of hydrogen-bond acceptors (Lipinski definition) is 3. The minimum Gasteiger partial charge on any atom is -0.504 e. The first-order valence-corrected chi connectivity index (χ1v) is 4.12. The molecule has 0 aliphatic rings. The minimum atomic E-state index is -0.927. The van der Waals surface area contributed by atoms with Crippen LogP contribution in [0, 0.1) is 12.7 Å². The lowest BCUT2D eigenvalue weighted by atomic mass is 10.0. The van der Waals surface area contributed by atoms with E-state index in [1.807, 2.05) is 0 Å². The van der Waals surface area contributed by atoms with Crippen LogP contribution in [-0.2, 0) is 11.2 Å². The van der Waals surface area contributed by atoms with Crippen LogP contribution in [0.15, 0.2) is 6.07 Å². The molecule has 0 saturated heterocycles. The normalized spacial score (nSPS) is 10.2. The van der Waals surface area contributed by atoms with Crippen LogP contribution in [0.5, 0.6) is 11.5 Å². The van der Waals surface area contributed by atoms with Crippen LogP contribution in [0.25, 0.3) is 0 Å². The maximum absolute atomic E-state index is 13.2. The van der Waals surface area contributed by atoms with Crippen molar-refractivity contribution in [1.82, 2.24) is 0 Å². The van der Waals surface area contributed by atoms with Crippen LogP contribution < -0.4 is 0 Å². The Morgan fingerprint density at radius 1 is 1.43 bits per heavy atom. The summed E-state index contributed by atoms with van der Waals surface area (Å²) < 4.78 is 13.2. The highest BCUT2D eigenvalue weighted by molar-refractivity contribution is 5.78. The smallest absolute Gasteiger partial charge is 0.194 e. The van der Waals surface area contributed by atoms with Gasteiger partial charge in [-0.05, 0) is 31.0 Å². The van der Waals surface area contributed by atoms with Crippen molar-refractivity contribution in [3.05, 3.63) is 23.0 Å². The van der Waals surface area contributed by atoms with E-state index in [0.29, 0.717) is 5.56 Å². The van der Waals surface area contributed by atoms with Crippen molar-refractivity contribution in [2.75, 3.05) is 0 Å². The van der Waals surface area contributed by atoms with Gasteiger partial charge in [-0.3, -0.25) is 4.79 Å². The molecule has 14 heavy (non-hydrogen) atoms. The second-order valence-corrected chi connectivity index (χ2v) is 3.24. The van der Waals surface area contributed by atoms with Gasteiger partial charge >= 0.3 is 0 Å². The van der Waals surface area contributed by atoms with E-state index in [1.54, 1.807) is 0 Å². The number of aromatic hydroxyl groups is 2. The van der Waals surface area contributed by atoms with Gasteiger partial charge in [-0.25, -0.2) is 4.39 Å². The van der Waals surface area contributed by atoms with Gasteiger partial charge in [-0.2, -0.15) is 0 Å². The van der Waals surface area contributed by atoms with E-state index in [0.717, 1.165) is 0 Å². The minimum absolute atomic E-state index is 0.0828. The van der Waals surface area contributed by atoms with Crippen LogP contribution in [0.3, 0.4) is 0 Å². The molecule has 0 aromatic heterocycles. The number of carbonyl (C=O) groups excluding carboxylic acids is 1. The molecule has 0 aliphatic carbocycles. The molecule has 1 aromatic carbocycles. The monoisotopic (exact) mass is 198 g/mol. The van der Waals surface area contributed by atoms with Gasteiger partial charge in [-0.1, -0.05) is 0 Å². The summed E-state index contributed by atoms with van der Waals surface area (Å²) in [5.41, 5.74) is 0.449. The third-order valence-corrected chi connectivity index (χ3v) is 1.92. The number of ketones is 1. The molecule has 0 radical (unpaired) electrons. The lowest BCUT2D eigenvalue weighted by molar-refractivity contribution is -0.116. The van der Waals surface area contributed by atoms with E-state index in [2.05, 4.69) is 0 Å². The Hall–Kier alpha value is -1.58. The van der Waals surface area contributed by atoms with Gasteiger partial charge in [0.2, 0.25) is 0 Å². The molecule has 0 heterocycles. The van der Waals surface area contributed by atoms with E-state index >= 15 is 0 Å². The zero-order chi connectivity index (χ0) is 10.9. The molecule has 2 N–H and O–H groups in total. The van der Waals surface area contributed by atoms with Gasteiger partial charge in [0.05, 0.1) is 0 Å². The van der Waals surface area contributed by atoms with Crippen molar-refractivity contribution in [2.24, 2.45) is 0 Å². The first kappa shape index (κ1) is 10.5. The summed E-state index contributed by atoms with van der Waals surface area (Å²) >= 11 is 0. The fourth-order valence-corrected chi connectivity index (χ4v) is 1.23. The predicted molar refractivity (Wildman–Crippen MR) is 48.9 cm³/mol. The van der Waals surface area contributed by atoms with Crippen LogP contribution in [0.4, 0.5) is 4.39 Å². The van der Waals surface area contributed by atoms with E-state index in [1.165, 1.54) is 19.9 Å².